The second-order valence-corrected chi connectivity index (χ2v) is 4.97. The van der Waals surface area contributed by atoms with Crippen LogP contribution in [0.15, 0.2) is 36.4 Å². The van der Waals surface area contributed by atoms with Crippen LogP contribution < -0.4 is 5.32 Å². The van der Waals surface area contributed by atoms with E-state index >= 15 is 0 Å². The molecule has 0 aliphatic rings. The highest BCUT2D eigenvalue weighted by molar-refractivity contribution is 5.23. The number of likely N-dealkylation sites (N-methyl/N-ethyl adjacent to an activating group) is 1. The van der Waals surface area contributed by atoms with E-state index in [0.717, 1.165) is 19.4 Å². The van der Waals surface area contributed by atoms with Crippen LogP contribution >= 0.6 is 0 Å². The van der Waals surface area contributed by atoms with Gasteiger partial charge in [0.1, 0.15) is 0 Å². The summed E-state index contributed by atoms with van der Waals surface area (Å²) in [5.41, 5.74) is 3.87. The Morgan fingerprint density at radius 1 is 1.26 bits per heavy atom. The van der Waals surface area contributed by atoms with Crippen LogP contribution in [-0.2, 0) is 19.9 Å². The van der Waals surface area contributed by atoms with E-state index in [1.54, 1.807) is 0 Å². The topological polar surface area (TPSA) is 29.9 Å². The van der Waals surface area contributed by atoms with Crippen LogP contribution in [0.4, 0.5) is 0 Å². The third-order valence-electron chi connectivity index (χ3n) is 3.57. The predicted octanol–water partition coefficient (Wildman–Crippen LogP) is 2.53. The molecule has 3 nitrogen and oxygen atoms in total. The van der Waals surface area contributed by atoms with Gasteiger partial charge in [-0.15, -0.1) is 0 Å². The number of hydrogen-bond donors (Lipinski definition) is 1. The summed E-state index contributed by atoms with van der Waals surface area (Å²) in [6, 6.07) is 12.9. The summed E-state index contributed by atoms with van der Waals surface area (Å²) in [5, 5.41) is 7.83. The minimum absolute atomic E-state index is 0.492. The van der Waals surface area contributed by atoms with Gasteiger partial charge < -0.3 is 5.32 Å². The van der Waals surface area contributed by atoms with Gasteiger partial charge in [0, 0.05) is 25.2 Å². The van der Waals surface area contributed by atoms with E-state index in [-0.39, 0.29) is 0 Å². The molecule has 1 aromatic carbocycles. The largest absolute Gasteiger partial charge is 0.319 e. The Morgan fingerprint density at radius 3 is 2.58 bits per heavy atom. The first-order valence-electron chi connectivity index (χ1n) is 6.96. The van der Waals surface area contributed by atoms with E-state index in [1.165, 1.54) is 17.0 Å². The molecule has 1 heterocycles. The van der Waals surface area contributed by atoms with Crippen molar-refractivity contribution in [1.29, 1.82) is 0 Å². The molecule has 2 aromatic rings. The fourth-order valence-electron chi connectivity index (χ4n) is 2.47. The molecule has 0 bridgehead atoms. The van der Waals surface area contributed by atoms with Gasteiger partial charge in [0.05, 0.1) is 5.69 Å². The molecule has 0 saturated heterocycles. The predicted molar refractivity (Wildman–Crippen MR) is 79.4 cm³/mol. The van der Waals surface area contributed by atoms with Gasteiger partial charge in [-0.25, -0.2) is 0 Å². The lowest BCUT2D eigenvalue weighted by Crippen LogP contribution is -2.20. The SMILES string of the molecule is CCc1cc(CC(CNC)c2ccccc2)n(C)n1. The fraction of sp³-hybridized carbons (Fsp3) is 0.438. The molecule has 0 radical (unpaired) electrons. The summed E-state index contributed by atoms with van der Waals surface area (Å²) in [5.74, 6) is 0.492. The maximum Gasteiger partial charge on any atom is 0.0624 e. The van der Waals surface area contributed by atoms with E-state index in [0.29, 0.717) is 5.92 Å². The first-order valence-corrected chi connectivity index (χ1v) is 6.96. The van der Waals surface area contributed by atoms with Gasteiger partial charge in [-0.2, -0.15) is 5.10 Å². The van der Waals surface area contributed by atoms with Crippen molar-refractivity contribution in [3.05, 3.63) is 53.3 Å². The standard InChI is InChI=1S/C16H23N3/c1-4-15-11-16(19(3)18-15)10-14(12-17-2)13-8-6-5-7-9-13/h5-9,11,14,17H,4,10,12H2,1-3H3. The van der Waals surface area contributed by atoms with Crippen LogP contribution in [0.2, 0.25) is 0 Å². The van der Waals surface area contributed by atoms with Crippen molar-refractivity contribution in [1.82, 2.24) is 15.1 Å². The van der Waals surface area contributed by atoms with Gasteiger partial charge >= 0.3 is 0 Å². The molecule has 2 rings (SSSR count). The second kappa shape index (κ2) is 6.53. The maximum atomic E-state index is 4.53. The fourth-order valence-corrected chi connectivity index (χ4v) is 2.47. The zero-order chi connectivity index (χ0) is 13.7. The summed E-state index contributed by atoms with van der Waals surface area (Å²) < 4.78 is 2.02. The molecule has 3 heteroatoms. The van der Waals surface area contributed by atoms with Gasteiger partial charge in [0.2, 0.25) is 0 Å². The molecule has 1 N–H and O–H groups in total. The zero-order valence-corrected chi connectivity index (χ0v) is 12.1. The van der Waals surface area contributed by atoms with E-state index in [2.05, 4.69) is 53.7 Å². The van der Waals surface area contributed by atoms with Gasteiger partial charge in [0.15, 0.2) is 0 Å². The number of rotatable bonds is 6. The number of aromatic nitrogens is 2. The first kappa shape index (κ1) is 13.8. The van der Waals surface area contributed by atoms with Crippen molar-refractivity contribution in [3.63, 3.8) is 0 Å². The van der Waals surface area contributed by atoms with Gasteiger partial charge in [-0.1, -0.05) is 37.3 Å². The molecule has 1 aromatic heterocycles. The number of nitrogens with one attached hydrogen (secondary N) is 1. The molecule has 0 saturated carbocycles. The maximum absolute atomic E-state index is 4.53. The van der Waals surface area contributed by atoms with Crippen molar-refractivity contribution in [2.45, 2.75) is 25.7 Å². The highest BCUT2D eigenvalue weighted by atomic mass is 15.3. The molecular weight excluding hydrogens is 234 g/mol. The van der Waals surface area contributed by atoms with Gasteiger partial charge in [-0.3, -0.25) is 4.68 Å². The average molecular weight is 257 g/mol. The van der Waals surface area contributed by atoms with Crippen molar-refractivity contribution in [3.8, 4) is 0 Å². The number of benzene rings is 1. The Bertz CT molecular complexity index is 502. The minimum Gasteiger partial charge on any atom is -0.319 e. The lowest BCUT2D eigenvalue weighted by molar-refractivity contribution is 0.590. The summed E-state index contributed by atoms with van der Waals surface area (Å²) in [6.45, 7) is 3.13. The normalized spacial score (nSPS) is 12.6. The quantitative estimate of drug-likeness (QED) is 0.862. The molecule has 0 aliphatic carbocycles. The molecular formula is C16H23N3. The van der Waals surface area contributed by atoms with Gasteiger partial charge in [0.25, 0.3) is 0 Å². The Kier molecular flexibility index (Phi) is 4.74. The van der Waals surface area contributed by atoms with E-state index in [9.17, 15) is 0 Å². The smallest absolute Gasteiger partial charge is 0.0624 e. The Labute approximate surface area is 115 Å². The van der Waals surface area contributed by atoms with Crippen molar-refractivity contribution < 1.29 is 0 Å². The zero-order valence-electron chi connectivity index (χ0n) is 12.1. The van der Waals surface area contributed by atoms with Crippen LogP contribution in [0.5, 0.6) is 0 Å². The van der Waals surface area contributed by atoms with Crippen LogP contribution in [-0.4, -0.2) is 23.4 Å². The minimum atomic E-state index is 0.492. The Hall–Kier alpha value is -1.61. The molecule has 0 spiro atoms. The van der Waals surface area contributed by atoms with E-state index in [4.69, 9.17) is 0 Å². The molecule has 0 fully saturated rings. The molecule has 0 amide bonds. The number of hydrogen-bond acceptors (Lipinski definition) is 2. The molecule has 1 atom stereocenters. The number of aryl methyl sites for hydroxylation is 2. The van der Waals surface area contributed by atoms with Crippen LogP contribution in [0.1, 0.15) is 29.8 Å². The highest BCUT2D eigenvalue weighted by Gasteiger charge is 2.14. The van der Waals surface area contributed by atoms with Crippen molar-refractivity contribution in [2.24, 2.45) is 7.05 Å². The summed E-state index contributed by atoms with van der Waals surface area (Å²) >= 11 is 0. The lowest BCUT2D eigenvalue weighted by Gasteiger charge is -2.17. The average Bonchev–Trinajstić information content (AvgIpc) is 2.80. The molecule has 102 valence electrons. The van der Waals surface area contributed by atoms with Crippen LogP contribution in [0.25, 0.3) is 0 Å². The lowest BCUT2D eigenvalue weighted by atomic mass is 9.94. The summed E-state index contributed by atoms with van der Waals surface area (Å²) in [4.78, 5) is 0. The Balaban J connectivity index is 2.18. The summed E-state index contributed by atoms with van der Waals surface area (Å²) in [6.07, 6.45) is 2.02. The van der Waals surface area contributed by atoms with Crippen molar-refractivity contribution in [2.75, 3.05) is 13.6 Å². The van der Waals surface area contributed by atoms with E-state index in [1.807, 2.05) is 18.8 Å². The highest BCUT2D eigenvalue weighted by Crippen LogP contribution is 2.20. The molecule has 0 aliphatic heterocycles. The summed E-state index contributed by atoms with van der Waals surface area (Å²) in [7, 11) is 4.05. The Morgan fingerprint density at radius 2 is 2.00 bits per heavy atom. The second-order valence-electron chi connectivity index (χ2n) is 4.97. The van der Waals surface area contributed by atoms with Crippen molar-refractivity contribution >= 4 is 0 Å². The first-order chi connectivity index (χ1) is 9.24. The van der Waals surface area contributed by atoms with Crippen LogP contribution in [0, 0.1) is 0 Å². The molecule has 1 unspecified atom stereocenters. The van der Waals surface area contributed by atoms with Crippen LogP contribution in [0.3, 0.4) is 0 Å². The monoisotopic (exact) mass is 257 g/mol. The third-order valence-corrected chi connectivity index (χ3v) is 3.57. The van der Waals surface area contributed by atoms with E-state index < -0.39 is 0 Å². The number of nitrogens with zero attached hydrogens (tertiary/aromatic N) is 2. The third kappa shape index (κ3) is 3.44. The van der Waals surface area contributed by atoms with Gasteiger partial charge in [-0.05, 0) is 31.5 Å². The molecule has 19 heavy (non-hydrogen) atoms.